The summed E-state index contributed by atoms with van der Waals surface area (Å²) in [7, 11) is 3.62. The van der Waals surface area contributed by atoms with E-state index in [0.29, 0.717) is 5.75 Å². The van der Waals surface area contributed by atoms with Gasteiger partial charge in [0.1, 0.15) is 12.4 Å². The van der Waals surface area contributed by atoms with Crippen LogP contribution in [0.25, 0.3) is 0 Å². The zero-order valence-electron chi connectivity index (χ0n) is 22.2. The normalized spacial score (nSPS) is 25.5. The molecule has 3 atom stereocenters. The maximum absolute atomic E-state index is 13.1. The van der Waals surface area contributed by atoms with Crippen LogP contribution in [0.3, 0.4) is 0 Å². The summed E-state index contributed by atoms with van der Waals surface area (Å²) in [4.78, 5) is 28.9. The molecule has 7 nitrogen and oxygen atoms in total. The van der Waals surface area contributed by atoms with Gasteiger partial charge in [0.25, 0.3) is 0 Å². The Hall–Kier alpha value is -3.16. The molecule has 0 spiro atoms. The van der Waals surface area contributed by atoms with Crippen molar-refractivity contribution in [2.45, 2.75) is 56.3 Å². The molecular formula is C30H38N2O5. The van der Waals surface area contributed by atoms with E-state index in [9.17, 15) is 9.59 Å². The van der Waals surface area contributed by atoms with Crippen molar-refractivity contribution in [2.24, 2.45) is 0 Å². The van der Waals surface area contributed by atoms with E-state index in [2.05, 4.69) is 17.5 Å². The van der Waals surface area contributed by atoms with Gasteiger partial charge >= 0.3 is 12.1 Å². The fourth-order valence-corrected chi connectivity index (χ4v) is 6.23. The second-order valence-electron chi connectivity index (χ2n) is 10.2. The monoisotopic (exact) mass is 506 g/mol. The zero-order chi connectivity index (χ0) is 26.5. The average molecular weight is 507 g/mol. The number of ether oxygens (including phenoxy) is 3. The SMILES string of the molecule is C=CCN1CCC2(c3cccc(OC(C)=O)c3)CC(N(C)C(=O)OCc3ccccc3)CCC2(OC)C1. The van der Waals surface area contributed by atoms with E-state index < -0.39 is 5.60 Å². The van der Waals surface area contributed by atoms with Gasteiger partial charge in [-0.05, 0) is 55.5 Å². The Labute approximate surface area is 220 Å². The Morgan fingerprint density at radius 2 is 1.95 bits per heavy atom. The minimum Gasteiger partial charge on any atom is -0.445 e. The van der Waals surface area contributed by atoms with Gasteiger partial charge in [-0.25, -0.2) is 4.79 Å². The molecule has 3 unspecified atom stereocenters. The molecule has 0 N–H and O–H groups in total. The van der Waals surface area contributed by atoms with Crippen LogP contribution in [-0.2, 0) is 26.3 Å². The molecule has 0 bridgehead atoms. The summed E-state index contributed by atoms with van der Waals surface area (Å²) >= 11 is 0. The van der Waals surface area contributed by atoms with Gasteiger partial charge < -0.3 is 19.1 Å². The molecule has 7 heteroatoms. The Balaban J connectivity index is 1.63. The van der Waals surface area contributed by atoms with Crippen LogP contribution in [0.5, 0.6) is 5.75 Å². The van der Waals surface area contributed by atoms with E-state index in [-0.39, 0.29) is 30.1 Å². The van der Waals surface area contributed by atoms with Crippen molar-refractivity contribution in [1.82, 2.24) is 9.80 Å². The predicted molar refractivity (Wildman–Crippen MR) is 142 cm³/mol. The van der Waals surface area contributed by atoms with Crippen molar-refractivity contribution in [3.05, 3.63) is 78.4 Å². The first-order valence-electron chi connectivity index (χ1n) is 12.9. The van der Waals surface area contributed by atoms with Crippen LogP contribution in [0.15, 0.2) is 67.3 Å². The number of esters is 1. The highest BCUT2D eigenvalue weighted by Gasteiger charge is 2.59. The van der Waals surface area contributed by atoms with E-state index in [1.165, 1.54) is 6.92 Å². The first-order valence-corrected chi connectivity index (χ1v) is 12.9. The van der Waals surface area contributed by atoms with E-state index in [0.717, 1.165) is 56.4 Å². The summed E-state index contributed by atoms with van der Waals surface area (Å²) in [6.07, 6.45) is 4.77. The lowest BCUT2D eigenvalue weighted by Crippen LogP contribution is -2.68. The van der Waals surface area contributed by atoms with Crippen molar-refractivity contribution >= 4 is 12.1 Å². The highest BCUT2D eigenvalue weighted by molar-refractivity contribution is 5.69. The molecule has 1 heterocycles. The van der Waals surface area contributed by atoms with Gasteiger partial charge in [-0.3, -0.25) is 9.69 Å². The molecule has 2 aliphatic rings. The largest absolute Gasteiger partial charge is 0.445 e. The number of likely N-dealkylation sites (tertiary alicyclic amines) is 1. The number of rotatable bonds is 8. The smallest absolute Gasteiger partial charge is 0.410 e. The Kier molecular flexibility index (Phi) is 8.35. The summed E-state index contributed by atoms with van der Waals surface area (Å²) in [5, 5.41) is 0. The van der Waals surface area contributed by atoms with Gasteiger partial charge in [0.05, 0.1) is 5.60 Å². The number of methoxy groups -OCH3 is 1. The number of benzene rings is 2. The number of carbonyl (C=O) groups is 2. The molecule has 4 rings (SSSR count). The Morgan fingerprint density at radius 1 is 1.16 bits per heavy atom. The van der Waals surface area contributed by atoms with Crippen LogP contribution < -0.4 is 4.74 Å². The van der Waals surface area contributed by atoms with Crippen LogP contribution >= 0.6 is 0 Å². The van der Waals surface area contributed by atoms with Gasteiger partial charge in [0.15, 0.2) is 0 Å². The van der Waals surface area contributed by atoms with Crippen LogP contribution in [0, 0.1) is 0 Å². The number of fused-ring (bicyclic) bond motifs is 1. The third kappa shape index (κ3) is 5.58. The van der Waals surface area contributed by atoms with Gasteiger partial charge in [0.2, 0.25) is 0 Å². The van der Waals surface area contributed by atoms with Crippen molar-refractivity contribution in [3.63, 3.8) is 0 Å². The number of carbonyl (C=O) groups excluding carboxylic acids is 2. The molecule has 198 valence electrons. The lowest BCUT2D eigenvalue weighted by Gasteiger charge is -2.60. The number of hydrogen-bond acceptors (Lipinski definition) is 6. The molecule has 1 aliphatic heterocycles. The first-order chi connectivity index (χ1) is 17.8. The van der Waals surface area contributed by atoms with Gasteiger partial charge in [0, 0.05) is 45.6 Å². The molecule has 2 fully saturated rings. The summed E-state index contributed by atoms with van der Waals surface area (Å²) in [6, 6.07) is 17.5. The van der Waals surface area contributed by atoms with Gasteiger partial charge in [-0.2, -0.15) is 0 Å². The molecule has 2 aromatic carbocycles. The standard InChI is InChI=1S/C30H38N2O5/c1-5-17-32-18-16-29(25-12-9-13-27(19-25)37-23(2)33)20-26(14-15-30(29,22-32)35-4)31(3)28(34)36-21-24-10-7-6-8-11-24/h5-13,19,26H,1,14-18,20-22H2,2-4H3. The van der Waals surface area contributed by atoms with Crippen molar-refractivity contribution < 1.29 is 23.8 Å². The van der Waals surface area contributed by atoms with E-state index >= 15 is 0 Å². The highest BCUT2D eigenvalue weighted by Crippen LogP contribution is 2.54. The third-order valence-corrected chi connectivity index (χ3v) is 8.14. The van der Waals surface area contributed by atoms with E-state index in [1.54, 1.807) is 18.1 Å². The molecule has 1 amide bonds. The highest BCUT2D eigenvalue weighted by atomic mass is 16.6. The zero-order valence-corrected chi connectivity index (χ0v) is 22.2. The summed E-state index contributed by atoms with van der Waals surface area (Å²) in [5.74, 6) is 0.173. The summed E-state index contributed by atoms with van der Waals surface area (Å²) < 4.78 is 17.5. The topological polar surface area (TPSA) is 68.3 Å². The number of piperidine rings is 1. The predicted octanol–water partition coefficient (Wildman–Crippen LogP) is 4.95. The van der Waals surface area contributed by atoms with Crippen LogP contribution in [-0.4, -0.2) is 67.3 Å². The van der Waals surface area contributed by atoms with Gasteiger partial charge in [-0.1, -0.05) is 48.5 Å². The second kappa shape index (κ2) is 11.5. The van der Waals surface area contributed by atoms with E-state index in [1.807, 2.05) is 55.6 Å². The minimum absolute atomic E-state index is 0.0186. The molecule has 1 saturated carbocycles. The average Bonchev–Trinajstić information content (AvgIpc) is 2.91. The molecule has 2 aromatic rings. The molecular weight excluding hydrogens is 468 g/mol. The lowest BCUT2D eigenvalue weighted by molar-refractivity contribution is -0.152. The molecule has 1 aliphatic carbocycles. The number of nitrogens with zero attached hydrogens (tertiary/aromatic N) is 2. The Bertz CT molecular complexity index is 1110. The molecule has 1 saturated heterocycles. The van der Waals surface area contributed by atoms with E-state index in [4.69, 9.17) is 14.2 Å². The van der Waals surface area contributed by atoms with Crippen molar-refractivity contribution in [3.8, 4) is 5.75 Å². The lowest BCUT2D eigenvalue weighted by atomic mass is 9.55. The quantitative estimate of drug-likeness (QED) is 0.287. The van der Waals surface area contributed by atoms with Crippen LogP contribution in [0.2, 0.25) is 0 Å². The fourth-order valence-electron chi connectivity index (χ4n) is 6.23. The summed E-state index contributed by atoms with van der Waals surface area (Å²) in [6.45, 7) is 8.02. The van der Waals surface area contributed by atoms with Crippen LogP contribution in [0.4, 0.5) is 4.79 Å². The maximum Gasteiger partial charge on any atom is 0.410 e. The van der Waals surface area contributed by atoms with Crippen LogP contribution in [0.1, 0.15) is 43.7 Å². The molecule has 37 heavy (non-hydrogen) atoms. The summed E-state index contributed by atoms with van der Waals surface area (Å²) in [5.41, 5.74) is 1.21. The third-order valence-electron chi connectivity index (χ3n) is 8.14. The maximum atomic E-state index is 13.1. The van der Waals surface area contributed by atoms with Crippen molar-refractivity contribution in [2.75, 3.05) is 33.8 Å². The van der Waals surface area contributed by atoms with Crippen molar-refractivity contribution in [1.29, 1.82) is 0 Å². The number of amides is 1. The second-order valence-corrected chi connectivity index (χ2v) is 10.2. The molecule has 0 aromatic heterocycles. The first kappa shape index (κ1) is 26.9. The minimum atomic E-state index is -0.450. The number of hydrogen-bond donors (Lipinski definition) is 0. The Morgan fingerprint density at radius 3 is 2.65 bits per heavy atom. The van der Waals surface area contributed by atoms with Gasteiger partial charge in [-0.15, -0.1) is 6.58 Å². The fraction of sp³-hybridized carbons (Fsp3) is 0.467. The molecule has 0 radical (unpaired) electrons.